The number of rotatable bonds is 15. The van der Waals surface area contributed by atoms with Gasteiger partial charge in [0, 0.05) is 30.8 Å². The van der Waals surface area contributed by atoms with E-state index in [2.05, 4.69) is 0 Å². The maximum Gasteiger partial charge on any atom is 0.217 e. The molecule has 0 saturated heterocycles. The third-order valence-electron chi connectivity index (χ3n) is 3.69. The predicted molar refractivity (Wildman–Crippen MR) is 91.3 cm³/mol. The quantitative estimate of drug-likeness (QED) is 0.119. The minimum Gasteiger partial charge on any atom is -0.401 e. The van der Waals surface area contributed by atoms with Gasteiger partial charge in [0.2, 0.25) is 5.91 Å². The molecule has 0 heterocycles. The highest BCUT2D eigenvalue weighted by Crippen LogP contribution is 2.18. The zero-order valence-electron chi connectivity index (χ0n) is 14.5. The molecular formula is C15H32N4O6. The van der Waals surface area contributed by atoms with Crippen molar-refractivity contribution in [2.24, 2.45) is 28.6 Å². The van der Waals surface area contributed by atoms with Crippen LogP contribution in [0.4, 0.5) is 0 Å². The van der Waals surface area contributed by atoms with Gasteiger partial charge >= 0.3 is 0 Å². The van der Waals surface area contributed by atoms with Crippen LogP contribution >= 0.6 is 0 Å². The molecule has 10 N–H and O–H groups in total. The molecule has 0 unspecified atom stereocenters. The number of nitrogens with two attached hydrogens (primary N) is 3. The number of allylic oxidation sites excluding steroid dienone is 1. The maximum atomic E-state index is 10.7. The molecule has 0 aliphatic heterocycles. The second-order valence-electron chi connectivity index (χ2n) is 6.26. The van der Waals surface area contributed by atoms with E-state index in [0.717, 1.165) is 0 Å². The van der Waals surface area contributed by atoms with Crippen LogP contribution in [0, 0.1) is 11.3 Å². The number of hydrazine groups is 1. The zero-order valence-corrected chi connectivity index (χ0v) is 14.5. The van der Waals surface area contributed by atoms with Crippen LogP contribution in [-0.4, -0.2) is 77.5 Å². The van der Waals surface area contributed by atoms with E-state index in [4.69, 9.17) is 32.3 Å². The summed E-state index contributed by atoms with van der Waals surface area (Å²) in [5.41, 5.74) is 10.3. The number of carbonyl (C=O) groups is 1. The van der Waals surface area contributed by atoms with E-state index >= 15 is 0 Å². The highest BCUT2D eigenvalue weighted by molar-refractivity contribution is 5.73. The van der Waals surface area contributed by atoms with Gasteiger partial charge in [-0.3, -0.25) is 4.79 Å². The van der Waals surface area contributed by atoms with E-state index in [1.807, 2.05) is 0 Å². The smallest absolute Gasteiger partial charge is 0.217 e. The fourth-order valence-electron chi connectivity index (χ4n) is 2.07. The van der Waals surface area contributed by atoms with Crippen LogP contribution in [0.15, 0.2) is 11.9 Å². The van der Waals surface area contributed by atoms with Gasteiger partial charge in [0.15, 0.2) is 0 Å². The molecule has 0 saturated carbocycles. The van der Waals surface area contributed by atoms with E-state index in [1.54, 1.807) is 0 Å². The van der Waals surface area contributed by atoms with E-state index < -0.39 is 17.2 Å². The summed E-state index contributed by atoms with van der Waals surface area (Å²) >= 11 is 0. The molecule has 148 valence electrons. The van der Waals surface area contributed by atoms with E-state index in [-0.39, 0.29) is 52.6 Å². The second kappa shape index (κ2) is 12.9. The van der Waals surface area contributed by atoms with Crippen LogP contribution in [0.1, 0.15) is 19.3 Å². The molecule has 0 spiro atoms. The van der Waals surface area contributed by atoms with Gasteiger partial charge in [0.25, 0.3) is 0 Å². The molecule has 10 heteroatoms. The van der Waals surface area contributed by atoms with Crippen LogP contribution < -0.4 is 17.3 Å². The topological polar surface area (TPSA) is 189 Å². The van der Waals surface area contributed by atoms with Gasteiger partial charge in [0.05, 0.1) is 45.1 Å². The van der Waals surface area contributed by atoms with Crippen molar-refractivity contribution in [2.75, 3.05) is 46.2 Å². The Labute approximate surface area is 147 Å². The third-order valence-corrected chi connectivity index (χ3v) is 3.69. The van der Waals surface area contributed by atoms with Gasteiger partial charge in [-0.2, -0.15) is 0 Å². The minimum atomic E-state index is -1.03. The molecule has 0 aromatic rings. The highest BCUT2D eigenvalue weighted by Gasteiger charge is 2.31. The Morgan fingerprint density at radius 1 is 1.12 bits per heavy atom. The first-order valence-electron chi connectivity index (χ1n) is 8.09. The molecule has 0 atom stereocenters. The molecule has 25 heavy (non-hydrogen) atoms. The molecule has 0 aromatic heterocycles. The van der Waals surface area contributed by atoms with Gasteiger partial charge in [-0.25, -0.2) is 5.84 Å². The van der Waals surface area contributed by atoms with Crippen molar-refractivity contribution in [3.05, 3.63) is 11.9 Å². The first-order chi connectivity index (χ1) is 11.8. The fourth-order valence-corrected chi connectivity index (χ4v) is 2.07. The van der Waals surface area contributed by atoms with E-state index in [9.17, 15) is 15.0 Å². The number of carbonyl (C=O) groups excluding carboxylic acids is 1. The van der Waals surface area contributed by atoms with Crippen molar-refractivity contribution in [3.63, 3.8) is 0 Å². The lowest BCUT2D eigenvalue weighted by Crippen LogP contribution is -2.47. The summed E-state index contributed by atoms with van der Waals surface area (Å²) in [6, 6.07) is 0. The van der Waals surface area contributed by atoms with Gasteiger partial charge in [-0.1, -0.05) is 0 Å². The summed E-state index contributed by atoms with van der Waals surface area (Å²) < 4.78 is 5.40. The number of amides is 1. The Kier molecular flexibility index (Phi) is 12.1. The fraction of sp³-hybridized carbons (Fsp3) is 0.800. The first-order valence-corrected chi connectivity index (χ1v) is 8.09. The highest BCUT2D eigenvalue weighted by atomic mass is 16.5. The van der Waals surface area contributed by atoms with Crippen LogP contribution in [0.3, 0.4) is 0 Å². The summed E-state index contributed by atoms with van der Waals surface area (Å²) in [4.78, 5) is 10.7. The van der Waals surface area contributed by atoms with Crippen LogP contribution in [0.25, 0.3) is 0 Å². The Morgan fingerprint density at radius 2 is 1.72 bits per heavy atom. The number of aliphatic hydroxyl groups excluding tert-OH is 4. The lowest BCUT2D eigenvalue weighted by Gasteiger charge is -2.33. The van der Waals surface area contributed by atoms with Gasteiger partial charge in [-0.05, 0) is 12.8 Å². The first kappa shape index (κ1) is 23.6. The van der Waals surface area contributed by atoms with E-state index in [0.29, 0.717) is 18.5 Å². The van der Waals surface area contributed by atoms with Crippen LogP contribution in [0.2, 0.25) is 0 Å². The number of primary amides is 1. The Hall–Kier alpha value is -1.43. The summed E-state index contributed by atoms with van der Waals surface area (Å²) in [7, 11) is 0. The monoisotopic (exact) mass is 364 g/mol. The lowest BCUT2D eigenvalue weighted by atomic mass is 9.91. The third kappa shape index (κ3) is 10.2. The summed E-state index contributed by atoms with van der Waals surface area (Å²) in [6.45, 7) is -1.07. The summed E-state index contributed by atoms with van der Waals surface area (Å²) in [6.07, 6.45) is 2.63. The molecule has 0 aromatic carbocycles. The average molecular weight is 364 g/mol. The second-order valence-corrected chi connectivity index (χ2v) is 6.26. The van der Waals surface area contributed by atoms with Crippen molar-refractivity contribution in [3.8, 4) is 0 Å². The van der Waals surface area contributed by atoms with Crippen LogP contribution in [-0.2, 0) is 9.53 Å². The molecule has 0 radical (unpaired) electrons. The average Bonchev–Trinajstić information content (AvgIpc) is 2.57. The number of nitrogens with zero attached hydrogens (tertiary/aromatic N) is 1. The maximum absolute atomic E-state index is 10.7. The number of hydrogen-bond donors (Lipinski definition) is 7. The van der Waals surface area contributed by atoms with Gasteiger partial charge < -0.3 is 41.6 Å². The summed E-state index contributed by atoms with van der Waals surface area (Å²) in [5, 5.41) is 38.5. The molecule has 0 fully saturated rings. The molecule has 10 nitrogen and oxygen atoms in total. The lowest BCUT2D eigenvalue weighted by molar-refractivity contribution is -0.118. The normalized spacial score (nSPS) is 12.6. The SMILES string of the molecule is NC(=O)CCC/C(N)=C/N(N)CC(CO)(CO)COCC(CO)CO. The Balaban J connectivity index is 4.57. The van der Waals surface area contributed by atoms with Crippen molar-refractivity contribution in [2.45, 2.75) is 19.3 Å². The van der Waals surface area contributed by atoms with Crippen LogP contribution in [0.5, 0.6) is 0 Å². The largest absolute Gasteiger partial charge is 0.401 e. The minimum absolute atomic E-state index is 0.0143. The number of aliphatic hydroxyl groups is 4. The molecule has 0 bridgehead atoms. The zero-order chi connectivity index (χ0) is 19.3. The van der Waals surface area contributed by atoms with Crippen molar-refractivity contribution >= 4 is 5.91 Å². The van der Waals surface area contributed by atoms with Gasteiger partial charge in [-0.15, -0.1) is 0 Å². The van der Waals surface area contributed by atoms with Crippen molar-refractivity contribution in [1.29, 1.82) is 0 Å². The predicted octanol–water partition coefficient (Wildman–Crippen LogP) is -2.79. The molecule has 1 amide bonds. The summed E-state index contributed by atoms with van der Waals surface area (Å²) in [5.74, 6) is 5.02. The van der Waals surface area contributed by atoms with Gasteiger partial charge in [0.1, 0.15) is 0 Å². The standard InChI is InChI=1S/C15H32N4O6/c16-13(2-1-3-14(17)24)4-19(18)8-15(9-22,10-23)11-25-7-12(5-20)6-21/h4,12,20-23H,1-3,5-11,16,18H2,(H2,17,24)/b13-4-. The molecule has 0 aliphatic carbocycles. The van der Waals surface area contributed by atoms with Crippen molar-refractivity contribution in [1.82, 2.24) is 5.01 Å². The molecule has 0 aliphatic rings. The van der Waals surface area contributed by atoms with Crippen molar-refractivity contribution < 1.29 is 30.0 Å². The Bertz CT molecular complexity index is 399. The number of ether oxygens (including phenoxy) is 1. The van der Waals surface area contributed by atoms with E-state index in [1.165, 1.54) is 11.2 Å². The molecular weight excluding hydrogens is 332 g/mol. The molecule has 0 rings (SSSR count). The Morgan fingerprint density at radius 3 is 2.20 bits per heavy atom. The number of hydrogen-bond acceptors (Lipinski definition) is 9.